The van der Waals surface area contributed by atoms with E-state index in [9.17, 15) is 4.79 Å². The Morgan fingerprint density at radius 3 is 2.55 bits per heavy atom. The van der Waals surface area contributed by atoms with Gasteiger partial charge >= 0.3 is 0 Å². The molecule has 0 aromatic heterocycles. The minimum absolute atomic E-state index is 0.0428. The number of carbonyl (C=O) groups excluding carboxylic acids is 1. The molecule has 0 aliphatic carbocycles. The molecule has 4 heteroatoms. The van der Waals surface area contributed by atoms with Crippen LogP contribution in [0.25, 0.3) is 0 Å². The van der Waals surface area contributed by atoms with E-state index in [2.05, 4.69) is 12.1 Å². The Morgan fingerprint density at radius 2 is 1.85 bits per heavy atom. The lowest BCUT2D eigenvalue weighted by Gasteiger charge is -2.26. The highest BCUT2D eigenvalue weighted by molar-refractivity contribution is 5.79. The van der Waals surface area contributed by atoms with Gasteiger partial charge < -0.3 is 15.4 Å². The molecular weight excluding hydrogens is 252 g/mol. The topological polar surface area (TPSA) is 55.6 Å². The first kappa shape index (κ1) is 13.6. The Hall–Kier alpha value is -1.39. The van der Waals surface area contributed by atoms with E-state index in [4.69, 9.17) is 10.5 Å². The zero-order valence-corrected chi connectivity index (χ0v) is 11.7. The van der Waals surface area contributed by atoms with Crippen molar-refractivity contribution in [3.05, 3.63) is 35.9 Å². The summed E-state index contributed by atoms with van der Waals surface area (Å²) in [5.74, 6) is 0.660. The number of ether oxygens (including phenoxy) is 1. The van der Waals surface area contributed by atoms with Gasteiger partial charge in [0.05, 0.1) is 0 Å². The van der Waals surface area contributed by atoms with E-state index in [1.807, 2.05) is 23.1 Å². The van der Waals surface area contributed by atoms with Crippen LogP contribution in [0, 0.1) is 5.92 Å². The van der Waals surface area contributed by atoms with Gasteiger partial charge in [-0.2, -0.15) is 0 Å². The zero-order chi connectivity index (χ0) is 13.9. The zero-order valence-electron chi connectivity index (χ0n) is 11.7. The first-order valence-corrected chi connectivity index (χ1v) is 7.43. The smallest absolute Gasteiger partial charge is 0.225 e. The largest absolute Gasteiger partial charge is 0.381 e. The van der Waals surface area contributed by atoms with Gasteiger partial charge in [-0.15, -0.1) is 0 Å². The van der Waals surface area contributed by atoms with E-state index in [1.165, 1.54) is 5.56 Å². The van der Waals surface area contributed by atoms with Crippen LogP contribution in [0.4, 0.5) is 0 Å². The molecule has 2 heterocycles. The molecular formula is C16H22N2O2. The molecule has 20 heavy (non-hydrogen) atoms. The van der Waals surface area contributed by atoms with Gasteiger partial charge in [-0.3, -0.25) is 4.79 Å². The highest BCUT2D eigenvalue weighted by Crippen LogP contribution is 2.28. The van der Waals surface area contributed by atoms with Gasteiger partial charge in [0.25, 0.3) is 0 Å². The minimum Gasteiger partial charge on any atom is -0.381 e. The number of hydrogen-bond donors (Lipinski definition) is 1. The van der Waals surface area contributed by atoms with Crippen LogP contribution >= 0.6 is 0 Å². The van der Waals surface area contributed by atoms with Crippen LogP contribution in [0.15, 0.2) is 30.3 Å². The van der Waals surface area contributed by atoms with Crippen LogP contribution in [0.2, 0.25) is 0 Å². The predicted molar refractivity (Wildman–Crippen MR) is 77.3 cm³/mol. The van der Waals surface area contributed by atoms with Gasteiger partial charge in [-0.1, -0.05) is 30.3 Å². The fourth-order valence-corrected chi connectivity index (χ4v) is 3.26. The van der Waals surface area contributed by atoms with Crippen LogP contribution in [-0.2, 0) is 9.53 Å². The molecule has 0 radical (unpaired) electrons. The molecule has 1 aromatic carbocycles. The molecule has 0 saturated carbocycles. The quantitative estimate of drug-likeness (QED) is 0.886. The summed E-state index contributed by atoms with van der Waals surface area (Å²) >= 11 is 0. The molecule has 2 aliphatic rings. The van der Waals surface area contributed by atoms with E-state index in [0.717, 1.165) is 19.4 Å². The Bertz CT molecular complexity index is 457. The fourth-order valence-electron chi connectivity index (χ4n) is 3.26. The monoisotopic (exact) mass is 274 g/mol. The maximum Gasteiger partial charge on any atom is 0.225 e. The van der Waals surface area contributed by atoms with Gasteiger partial charge in [0, 0.05) is 44.2 Å². The Labute approximate surface area is 119 Å². The standard InChI is InChI=1S/C16H22N2O2/c17-15-11-18(16(19)13-6-8-20-9-7-13)10-14(15)12-4-2-1-3-5-12/h1-5,13-15H,6-11,17H2/t14-,15+/m0/s1. The van der Waals surface area contributed by atoms with E-state index in [1.54, 1.807) is 0 Å². The number of amides is 1. The van der Waals surface area contributed by atoms with E-state index in [-0.39, 0.29) is 23.8 Å². The van der Waals surface area contributed by atoms with Crippen molar-refractivity contribution in [2.24, 2.45) is 11.7 Å². The molecule has 0 unspecified atom stereocenters. The summed E-state index contributed by atoms with van der Waals surface area (Å²) in [6, 6.07) is 10.3. The van der Waals surface area contributed by atoms with E-state index >= 15 is 0 Å². The number of nitrogens with two attached hydrogens (primary N) is 1. The normalized spacial score (nSPS) is 27.8. The second-order valence-electron chi connectivity index (χ2n) is 5.81. The number of carbonyl (C=O) groups is 1. The number of hydrogen-bond acceptors (Lipinski definition) is 3. The summed E-state index contributed by atoms with van der Waals surface area (Å²) in [7, 11) is 0. The molecule has 2 aliphatic heterocycles. The van der Waals surface area contributed by atoms with E-state index < -0.39 is 0 Å². The van der Waals surface area contributed by atoms with Crippen LogP contribution in [0.5, 0.6) is 0 Å². The van der Waals surface area contributed by atoms with Gasteiger partial charge in [0.15, 0.2) is 0 Å². The molecule has 4 nitrogen and oxygen atoms in total. The molecule has 1 amide bonds. The third-order valence-corrected chi connectivity index (χ3v) is 4.48. The second-order valence-corrected chi connectivity index (χ2v) is 5.81. The third kappa shape index (κ3) is 2.72. The summed E-state index contributed by atoms with van der Waals surface area (Å²) < 4.78 is 5.33. The molecule has 0 spiro atoms. The van der Waals surface area contributed by atoms with Crippen molar-refractivity contribution in [3.8, 4) is 0 Å². The SMILES string of the molecule is N[C@@H]1CN(C(=O)C2CCOCC2)C[C@H]1c1ccccc1. The van der Waals surface area contributed by atoms with Crippen molar-refractivity contribution >= 4 is 5.91 Å². The Kier molecular flexibility index (Phi) is 4.03. The van der Waals surface area contributed by atoms with Crippen molar-refractivity contribution in [1.82, 2.24) is 4.90 Å². The molecule has 2 atom stereocenters. The van der Waals surface area contributed by atoms with Crippen LogP contribution in [0.1, 0.15) is 24.3 Å². The molecule has 2 N–H and O–H groups in total. The predicted octanol–water partition coefficient (Wildman–Crippen LogP) is 1.37. The lowest BCUT2D eigenvalue weighted by atomic mass is 9.95. The van der Waals surface area contributed by atoms with Crippen LogP contribution in [0.3, 0.4) is 0 Å². The average molecular weight is 274 g/mol. The molecule has 108 valence electrons. The maximum atomic E-state index is 12.5. The first-order chi connectivity index (χ1) is 9.75. The molecule has 1 aromatic rings. The van der Waals surface area contributed by atoms with Crippen LogP contribution in [-0.4, -0.2) is 43.2 Å². The van der Waals surface area contributed by atoms with Crippen molar-refractivity contribution in [2.45, 2.75) is 24.8 Å². The second kappa shape index (κ2) is 5.94. The van der Waals surface area contributed by atoms with Crippen molar-refractivity contribution in [2.75, 3.05) is 26.3 Å². The number of nitrogens with zero attached hydrogens (tertiary/aromatic N) is 1. The van der Waals surface area contributed by atoms with Gasteiger partial charge in [0.2, 0.25) is 5.91 Å². The first-order valence-electron chi connectivity index (χ1n) is 7.43. The van der Waals surface area contributed by atoms with Crippen molar-refractivity contribution in [3.63, 3.8) is 0 Å². The molecule has 3 rings (SSSR count). The summed E-state index contributed by atoms with van der Waals surface area (Å²) in [4.78, 5) is 14.5. The lowest BCUT2D eigenvalue weighted by molar-refractivity contribution is -0.137. The van der Waals surface area contributed by atoms with Crippen molar-refractivity contribution < 1.29 is 9.53 Å². The fraction of sp³-hybridized carbons (Fsp3) is 0.562. The molecule has 2 fully saturated rings. The van der Waals surface area contributed by atoms with Gasteiger partial charge in [-0.05, 0) is 18.4 Å². The number of benzene rings is 1. The van der Waals surface area contributed by atoms with Gasteiger partial charge in [-0.25, -0.2) is 0 Å². The summed E-state index contributed by atoms with van der Waals surface area (Å²) in [5.41, 5.74) is 7.49. The Balaban J connectivity index is 1.67. The average Bonchev–Trinajstić information content (AvgIpc) is 2.90. The Morgan fingerprint density at radius 1 is 1.15 bits per heavy atom. The third-order valence-electron chi connectivity index (χ3n) is 4.48. The summed E-state index contributed by atoms with van der Waals surface area (Å²) in [6.45, 7) is 2.84. The summed E-state index contributed by atoms with van der Waals surface area (Å²) in [6.07, 6.45) is 1.70. The maximum absolute atomic E-state index is 12.5. The summed E-state index contributed by atoms with van der Waals surface area (Å²) in [5, 5.41) is 0. The minimum atomic E-state index is 0.0428. The number of likely N-dealkylation sites (tertiary alicyclic amines) is 1. The highest BCUT2D eigenvalue weighted by Gasteiger charge is 2.36. The molecule has 0 bridgehead atoms. The van der Waals surface area contributed by atoms with E-state index in [0.29, 0.717) is 19.8 Å². The number of rotatable bonds is 2. The van der Waals surface area contributed by atoms with Crippen LogP contribution < -0.4 is 5.73 Å². The molecule has 2 saturated heterocycles. The lowest BCUT2D eigenvalue weighted by Crippen LogP contribution is -2.38. The van der Waals surface area contributed by atoms with Crippen molar-refractivity contribution in [1.29, 1.82) is 0 Å². The van der Waals surface area contributed by atoms with Gasteiger partial charge in [0.1, 0.15) is 0 Å². The highest BCUT2D eigenvalue weighted by atomic mass is 16.5.